The van der Waals surface area contributed by atoms with E-state index in [4.69, 9.17) is 4.74 Å². The lowest BCUT2D eigenvalue weighted by molar-refractivity contribution is 0.0274. The van der Waals surface area contributed by atoms with Crippen molar-refractivity contribution in [3.05, 3.63) is 35.4 Å². The predicted molar refractivity (Wildman–Crippen MR) is 83.7 cm³/mol. The van der Waals surface area contributed by atoms with Crippen molar-refractivity contribution in [3.63, 3.8) is 0 Å². The molecule has 2 rings (SSSR count). The van der Waals surface area contributed by atoms with Crippen LogP contribution in [-0.2, 0) is 17.9 Å². The van der Waals surface area contributed by atoms with E-state index in [2.05, 4.69) is 62.4 Å². The first-order valence-corrected chi connectivity index (χ1v) is 7.54. The Balaban J connectivity index is 1.78. The van der Waals surface area contributed by atoms with Gasteiger partial charge in [0.05, 0.1) is 13.2 Å². The van der Waals surface area contributed by atoms with Crippen LogP contribution in [0.2, 0.25) is 0 Å². The van der Waals surface area contributed by atoms with Crippen LogP contribution in [0.1, 0.15) is 37.8 Å². The molecule has 0 bridgehead atoms. The van der Waals surface area contributed by atoms with Crippen molar-refractivity contribution in [2.24, 2.45) is 0 Å². The fraction of sp³-hybridized carbons (Fsp3) is 0.647. The number of hydrogen-bond acceptors (Lipinski definition) is 3. The second kappa shape index (κ2) is 6.70. The van der Waals surface area contributed by atoms with Crippen molar-refractivity contribution in [3.8, 4) is 0 Å². The minimum absolute atomic E-state index is 0.0745. The molecule has 1 aromatic rings. The lowest BCUT2D eigenvalue weighted by Crippen LogP contribution is -2.42. The van der Waals surface area contributed by atoms with Crippen molar-refractivity contribution in [1.29, 1.82) is 0 Å². The molecule has 0 atom stereocenters. The maximum Gasteiger partial charge on any atom is 0.0717 e. The highest BCUT2D eigenvalue weighted by atomic mass is 16.5. The van der Waals surface area contributed by atoms with Gasteiger partial charge in [-0.2, -0.15) is 0 Å². The molecule has 0 unspecified atom stereocenters. The number of nitrogens with one attached hydrogen (secondary N) is 1. The molecule has 3 nitrogen and oxygen atoms in total. The third-order valence-electron chi connectivity index (χ3n) is 4.10. The summed E-state index contributed by atoms with van der Waals surface area (Å²) in [5.74, 6) is 0. The third-order valence-corrected chi connectivity index (χ3v) is 4.10. The second-order valence-corrected chi connectivity index (χ2v) is 6.67. The smallest absolute Gasteiger partial charge is 0.0717 e. The summed E-state index contributed by atoms with van der Waals surface area (Å²) in [7, 11) is 4.18. The second-order valence-electron chi connectivity index (χ2n) is 6.67. The Kier molecular flexibility index (Phi) is 5.19. The molecule has 1 aromatic carbocycles. The van der Waals surface area contributed by atoms with Crippen LogP contribution in [-0.4, -0.2) is 37.2 Å². The van der Waals surface area contributed by atoms with Crippen LogP contribution in [0, 0.1) is 0 Å². The molecule has 1 saturated carbocycles. The first-order valence-electron chi connectivity index (χ1n) is 7.54. The van der Waals surface area contributed by atoms with Gasteiger partial charge in [0.2, 0.25) is 0 Å². The SMILES string of the molecule is CN(C)C(C)(C)COCc1cccc(CNC2CC2)c1. The Labute approximate surface area is 123 Å². The van der Waals surface area contributed by atoms with E-state index in [1.54, 1.807) is 0 Å². The lowest BCUT2D eigenvalue weighted by atomic mass is 10.1. The van der Waals surface area contributed by atoms with E-state index < -0.39 is 0 Å². The van der Waals surface area contributed by atoms with E-state index >= 15 is 0 Å². The van der Waals surface area contributed by atoms with Gasteiger partial charge in [-0.15, -0.1) is 0 Å². The molecule has 3 heteroatoms. The van der Waals surface area contributed by atoms with Gasteiger partial charge in [0, 0.05) is 18.1 Å². The van der Waals surface area contributed by atoms with Crippen LogP contribution in [0.3, 0.4) is 0 Å². The fourth-order valence-electron chi connectivity index (χ4n) is 1.93. The Bertz CT molecular complexity index is 425. The van der Waals surface area contributed by atoms with Crippen molar-refractivity contribution < 1.29 is 4.74 Å². The van der Waals surface area contributed by atoms with Gasteiger partial charge in [0.1, 0.15) is 0 Å². The predicted octanol–water partition coefficient (Wildman–Crippen LogP) is 2.80. The molecule has 112 valence electrons. The molecule has 0 radical (unpaired) electrons. The molecule has 0 saturated heterocycles. The van der Waals surface area contributed by atoms with Crippen LogP contribution in [0.25, 0.3) is 0 Å². The summed E-state index contributed by atoms with van der Waals surface area (Å²) in [5, 5.41) is 3.55. The summed E-state index contributed by atoms with van der Waals surface area (Å²) in [5.41, 5.74) is 2.69. The highest BCUT2D eigenvalue weighted by Crippen LogP contribution is 2.19. The van der Waals surface area contributed by atoms with E-state index in [-0.39, 0.29) is 5.54 Å². The molecule has 1 fully saturated rings. The van der Waals surface area contributed by atoms with Crippen molar-refractivity contribution >= 4 is 0 Å². The van der Waals surface area contributed by atoms with Crippen LogP contribution in [0.5, 0.6) is 0 Å². The summed E-state index contributed by atoms with van der Waals surface area (Å²) < 4.78 is 5.88. The van der Waals surface area contributed by atoms with Gasteiger partial charge in [-0.3, -0.25) is 0 Å². The molecule has 1 N–H and O–H groups in total. The number of rotatable bonds is 8. The maximum absolute atomic E-state index is 5.88. The van der Waals surface area contributed by atoms with E-state index in [1.165, 1.54) is 24.0 Å². The zero-order chi connectivity index (χ0) is 14.6. The first-order chi connectivity index (χ1) is 9.47. The Morgan fingerprint density at radius 1 is 1.25 bits per heavy atom. The van der Waals surface area contributed by atoms with Crippen LogP contribution in [0.4, 0.5) is 0 Å². The quantitative estimate of drug-likeness (QED) is 0.790. The monoisotopic (exact) mass is 276 g/mol. The molecule has 20 heavy (non-hydrogen) atoms. The van der Waals surface area contributed by atoms with Gasteiger partial charge in [-0.05, 0) is 51.9 Å². The molecular formula is C17H28N2O. The normalized spacial score (nSPS) is 15.8. The minimum Gasteiger partial charge on any atom is -0.375 e. The number of ether oxygens (including phenoxy) is 1. The topological polar surface area (TPSA) is 24.5 Å². The van der Waals surface area contributed by atoms with Crippen molar-refractivity contribution in [1.82, 2.24) is 10.2 Å². The highest BCUT2D eigenvalue weighted by molar-refractivity contribution is 5.23. The number of hydrogen-bond donors (Lipinski definition) is 1. The maximum atomic E-state index is 5.88. The first kappa shape index (κ1) is 15.5. The average Bonchev–Trinajstić information content (AvgIpc) is 3.20. The summed E-state index contributed by atoms with van der Waals surface area (Å²) in [4.78, 5) is 2.20. The van der Waals surface area contributed by atoms with Crippen LogP contribution < -0.4 is 5.32 Å². The Morgan fingerprint density at radius 3 is 2.60 bits per heavy atom. The number of likely N-dealkylation sites (N-methyl/N-ethyl adjacent to an activating group) is 1. The molecule has 0 aromatic heterocycles. The van der Waals surface area contributed by atoms with Crippen LogP contribution >= 0.6 is 0 Å². The summed E-state index contributed by atoms with van der Waals surface area (Å²) in [6.07, 6.45) is 2.67. The molecule has 0 amide bonds. The van der Waals surface area contributed by atoms with Gasteiger partial charge in [-0.1, -0.05) is 24.3 Å². The molecule has 0 aliphatic heterocycles. The van der Waals surface area contributed by atoms with Crippen molar-refractivity contribution in [2.75, 3.05) is 20.7 Å². The van der Waals surface area contributed by atoms with Gasteiger partial charge in [0.15, 0.2) is 0 Å². The van der Waals surface area contributed by atoms with E-state index in [0.717, 1.165) is 19.2 Å². The van der Waals surface area contributed by atoms with Crippen molar-refractivity contribution in [2.45, 2.75) is 51.4 Å². The molecule has 0 heterocycles. The minimum atomic E-state index is 0.0745. The Hall–Kier alpha value is -0.900. The summed E-state index contributed by atoms with van der Waals surface area (Å²) in [6.45, 7) is 6.80. The summed E-state index contributed by atoms with van der Waals surface area (Å²) >= 11 is 0. The van der Waals surface area contributed by atoms with Gasteiger partial charge < -0.3 is 15.0 Å². The number of benzene rings is 1. The average molecular weight is 276 g/mol. The zero-order valence-electron chi connectivity index (χ0n) is 13.3. The fourth-order valence-corrected chi connectivity index (χ4v) is 1.93. The zero-order valence-corrected chi connectivity index (χ0v) is 13.3. The number of nitrogens with zero attached hydrogens (tertiary/aromatic N) is 1. The van der Waals surface area contributed by atoms with Crippen LogP contribution in [0.15, 0.2) is 24.3 Å². The van der Waals surface area contributed by atoms with E-state index in [9.17, 15) is 0 Å². The largest absolute Gasteiger partial charge is 0.375 e. The lowest BCUT2D eigenvalue weighted by Gasteiger charge is -2.32. The van der Waals surface area contributed by atoms with Gasteiger partial charge >= 0.3 is 0 Å². The molecule has 1 aliphatic rings. The van der Waals surface area contributed by atoms with Gasteiger partial charge in [0.25, 0.3) is 0 Å². The summed E-state index contributed by atoms with van der Waals surface area (Å²) in [6, 6.07) is 9.46. The molecular weight excluding hydrogens is 248 g/mol. The highest BCUT2D eigenvalue weighted by Gasteiger charge is 2.21. The standard InChI is InChI=1S/C17H28N2O/c1-17(2,19(3)4)13-20-12-15-7-5-6-14(10-15)11-18-16-8-9-16/h5-7,10,16,18H,8-9,11-13H2,1-4H3. The third kappa shape index (κ3) is 4.89. The molecule has 0 spiro atoms. The van der Waals surface area contributed by atoms with E-state index in [0.29, 0.717) is 6.61 Å². The van der Waals surface area contributed by atoms with E-state index in [1.807, 2.05) is 0 Å². The Morgan fingerprint density at radius 2 is 1.95 bits per heavy atom. The molecule has 1 aliphatic carbocycles. The van der Waals surface area contributed by atoms with Gasteiger partial charge in [-0.25, -0.2) is 0 Å².